The Morgan fingerprint density at radius 2 is 2.29 bits per heavy atom. The van der Waals surface area contributed by atoms with Crippen LogP contribution in [0.3, 0.4) is 0 Å². The van der Waals surface area contributed by atoms with E-state index in [9.17, 15) is 14.9 Å². The van der Waals surface area contributed by atoms with Gasteiger partial charge in [0, 0.05) is 29.7 Å². The van der Waals surface area contributed by atoms with Gasteiger partial charge >= 0.3 is 5.69 Å². The summed E-state index contributed by atoms with van der Waals surface area (Å²) in [7, 11) is 0. The number of pyridine rings is 1. The van der Waals surface area contributed by atoms with Crippen molar-refractivity contribution in [2.24, 2.45) is 0 Å². The zero-order valence-electron chi connectivity index (χ0n) is 8.93. The summed E-state index contributed by atoms with van der Waals surface area (Å²) in [5.74, 6) is 0.363. The Hall–Kier alpha value is -1.50. The molecule has 0 saturated carbocycles. The Labute approximate surface area is 106 Å². The monoisotopic (exact) mass is 299 g/mol. The van der Waals surface area contributed by atoms with Crippen molar-refractivity contribution in [3.8, 4) is 0 Å². The normalized spacial score (nSPS) is 16.1. The first-order valence-corrected chi connectivity index (χ1v) is 5.94. The highest BCUT2D eigenvalue weighted by Crippen LogP contribution is 2.29. The SMILES string of the molecule is O=C1CCCN(c2ncc(Br)cc2[N+](=O)[O-])C1. The summed E-state index contributed by atoms with van der Waals surface area (Å²) in [5.41, 5.74) is -0.0749. The molecule has 0 unspecified atom stereocenters. The van der Waals surface area contributed by atoms with Crippen molar-refractivity contribution in [2.75, 3.05) is 18.0 Å². The molecule has 0 bridgehead atoms. The van der Waals surface area contributed by atoms with Crippen LogP contribution in [0.25, 0.3) is 0 Å². The van der Waals surface area contributed by atoms with Crippen LogP contribution < -0.4 is 4.90 Å². The molecule has 0 aromatic carbocycles. The van der Waals surface area contributed by atoms with Crippen molar-refractivity contribution >= 4 is 33.2 Å². The van der Waals surface area contributed by atoms with Gasteiger partial charge in [0.1, 0.15) is 0 Å². The predicted molar refractivity (Wildman–Crippen MR) is 65.0 cm³/mol. The fourth-order valence-electron chi connectivity index (χ4n) is 1.82. The van der Waals surface area contributed by atoms with Crippen molar-refractivity contribution in [3.63, 3.8) is 0 Å². The molecule has 2 rings (SSSR count). The second kappa shape index (κ2) is 4.79. The van der Waals surface area contributed by atoms with Crippen LogP contribution in [0.15, 0.2) is 16.7 Å². The van der Waals surface area contributed by atoms with Gasteiger partial charge in [-0.3, -0.25) is 14.9 Å². The highest BCUT2D eigenvalue weighted by Gasteiger charge is 2.25. The molecule has 0 spiro atoms. The van der Waals surface area contributed by atoms with E-state index in [2.05, 4.69) is 20.9 Å². The molecule has 0 amide bonds. The Balaban J connectivity index is 2.37. The number of ketones is 1. The summed E-state index contributed by atoms with van der Waals surface area (Å²) in [6, 6.07) is 1.40. The maximum absolute atomic E-state index is 11.3. The molecule has 0 atom stereocenters. The molecule has 17 heavy (non-hydrogen) atoms. The molecule has 1 saturated heterocycles. The van der Waals surface area contributed by atoms with Gasteiger partial charge in [0.25, 0.3) is 0 Å². The Kier molecular flexibility index (Phi) is 3.37. The molecule has 90 valence electrons. The minimum atomic E-state index is -0.480. The molecule has 1 aliphatic heterocycles. The van der Waals surface area contributed by atoms with E-state index in [-0.39, 0.29) is 23.8 Å². The van der Waals surface area contributed by atoms with Gasteiger partial charge in [-0.2, -0.15) is 0 Å². The highest BCUT2D eigenvalue weighted by molar-refractivity contribution is 9.10. The topological polar surface area (TPSA) is 76.3 Å². The molecule has 1 aromatic heterocycles. The van der Waals surface area contributed by atoms with E-state index in [4.69, 9.17) is 0 Å². The molecule has 7 heteroatoms. The van der Waals surface area contributed by atoms with Crippen LogP contribution in [0.5, 0.6) is 0 Å². The van der Waals surface area contributed by atoms with Crippen LogP contribution in [0.4, 0.5) is 11.5 Å². The number of carbonyl (C=O) groups excluding carboxylic acids is 1. The van der Waals surface area contributed by atoms with Crippen molar-refractivity contribution in [3.05, 3.63) is 26.9 Å². The van der Waals surface area contributed by atoms with E-state index in [0.29, 0.717) is 23.9 Å². The van der Waals surface area contributed by atoms with E-state index in [1.165, 1.54) is 12.3 Å². The number of piperidine rings is 1. The standard InChI is InChI=1S/C10H10BrN3O3/c11-7-4-9(14(16)17)10(12-5-7)13-3-1-2-8(15)6-13/h4-5H,1-3,6H2. The zero-order valence-corrected chi connectivity index (χ0v) is 10.5. The van der Waals surface area contributed by atoms with Gasteiger partial charge in [0.2, 0.25) is 5.82 Å². The number of nitro groups is 1. The molecule has 0 radical (unpaired) electrons. The van der Waals surface area contributed by atoms with Crippen LogP contribution >= 0.6 is 15.9 Å². The number of hydrogen-bond acceptors (Lipinski definition) is 5. The van der Waals surface area contributed by atoms with Gasteiger partial charge in [-0.25, -0.2) is 4.98 Å². The summed E-state index contributed by atoms with van der Waals surface area (Å²) in [4.78, 5) is 27.5. The molecular formula is C10H10BrN3O3. The lowest BCUT2D eigenvalue weighted by molar-refractivity contribution is -0.384. The number of hydrogen-bond donors (Lipinski definition) is 0. The van der Waals surface area contributed by atoms with Crippen LogP contribution in [0.2, 0.25) is 0 Å². The molecule has 0 aliphatic carbocycles. The highest BCUT2D eigenvalue weighted by atomic mass is 79.9. The minimum absolute atomic E-state index is 0.0749. The summed E-state index contributed by atoms with van der Waals surface area (Å²) in [5, 5.41) is 10.9. The Morgan fingerprint density at radius 1 is 1.53 bits per heavy atom. The third-order valence-electron chi connectivity index (χ3n) is 2.56. The zero-order chi connectivity index (χ0) is 12.4. The summed E-state index contributed by atoms with van der Waals surface area (Å²) in [6.45, 7) is 0.830. The number of rotatable bonds is 2. The first-order valence-electron chi connectivity index (χ1n) is 5.14. The summed E-state index contributed by atoms with van der Waals surface area (Å²) in [6.07, 6.45) is 2.76. The van der Waals surface area contributed by atoms with Crippen molar-refractivity contribution < 1.29 is 9.72 Å². The van der Waals surface area contributed by atoms with E-state index >= 15 is 0 Å². The van der Waals surface area contributed by atoms with Crippen LogP contribution in [0.1, 0.15) is 12.8 Å². The average Bonchev–Trinajstić information content (AvgIpc) is 2.28. The lowest BCUT2D eigenvalue weighted by atomic mass is 10.1. The van der Waals surface area contributed by atoms with E-state index in [1.807, 2.05) is 0 Å². The number of nitrogens with zero attached hydrogens (tertiary/aromatic N) is 3. The smallest absolute Gasteiger partial charge is 0.312 e. The number of anilines is 1. The van der Waals surface area contributed by atoms with Gasteiger partial charge in [0.05, 0.1) is 11.5 Å². The maximum Gasteiger partial charge on any atom is 0.312 e. The van der Waals surface area contributed by atoms with Crippen molar-refractivity contribution in [1.82, 2.24) is 4.98 Å². The van der Waals surface area contributed by atoms with Crippen molar-refractivity contribution in [1.29, 1.82) is 0 Å². The number of Topliss-reactive ketones (excluding diaryl/α,β-unsaturated/α-hetero) is 1. The lowest BCUT2D eigenvalue weighted by Gasteiger charge is -2.26. The molecule has 1 aromatic rings. The fraction of sp³-hybridized carbons (Fsp3) is 0.400. The second-order valence-electron chi connectivity index (χ2n) is 3.82. The van der Waals surface area contributed by atoms with E-state index in [1.54, 1.807) is 4.90 Å². The van der Waals surface area contributed by atoms with Gasteiger partial charge in [-0.15, -0.1) is 0 Å². The Morgan fingerprint density at radius 3 is 2.94 bits per heavy atom. The quantitative estimate of drug-likeness (QED) is 0.616. The third kappa shape index (κ3) is 2.60. The maximum atomic E-state index is 11.3. The van der Waals surface area contributed by atoms with Crippen LogP contribution in [0, 0.1) is 10.1 Å². The van der Waals surface area contributed by atoms with Crippen LogP contribution in [-0.4, -0.2) is 28.8 Å². The predicted octanol–water partition coefficient (Wildman–Crippen LogP) is 1.92. The minimum Gasteiger partial charge on any atom is -0.344 e. The van der Waals surface area contributed by atoms with Gasteiger partial charge in [-0.05, 0) is 22.4 Å². The first-order chi connectivity index (χ1) is 8.08. The fourth-order valence-corrected chi connectivity index (χ4v) is 2.14. The molecule has 0 N–H and O–H groups in total. The molecule has 1 aliphatic rings. The van der Waals surface area contributed by atoms with Gasteiger partial charge in [0.15, 0.2) is 5.78 Å². The summed E-state index contributed by atoms with van der Waals surface area (Å²) >= 11 is 3.15. The molecule has 6 nitrogen and oxygen atoms in total. The number of aromatic nitrogens is 1. The van der Waals surface area contributed by atoms with Gasteiger partial charge < -0.3 is 4.90 Å². The molecule has 1 fully saturated rings. The second-order valence-corrected chi connectivity index (χ2v) is 4.73. The number of halogens is 1. The third-order valence-corrected chi connectivity index (χ3v) is 2.99. The number of carbonyl (C=O) groups is 1. The summed E-state index contributed by atoms with van der Waals surface area (Å²) < 4.78 is 0.552. The van der Waals surface area contributed by atoms with E-state index in [0.717, 1.165) is 0 Å². The van der Waals surface area contributed by atoms with Gasteiger partial charge in [-0.1, -0.05) is 0 Å². The largest absolute Gasteiger partial charge is 0.344 e. The van der Waals surface area contributed by atoms with Crippen molar-refractivity contribution in [2.45, 2.75) is 12.8 Å². The molecule has 2 heterocycles. The Bertz CT molecular complexity index is 478. The van der Waals surface area contributed by atoms with E-state index < -0.39 is 4.92 Å². The first kappa shape index (κ1) is 12.0. The van der Waals surface area contributed by atoms with Crippen LogP contribution in [-0.2, 0) is 4.79 Å². The lowest BCUT2D eigenvalue weighted by Crippen LogP contribution is -2.36. The average molecular weight is 300 g/mol. The molecular weight excluding hydrogens is 290 g/mol.